The van der Waals surface area contributed by atoms with Crippen LogP contribution in [0.1, 0.15) is 16.8 Å². The van der Waals surface area contributed by atoms with Gasteiger partial charge in [0.15, 0.2) is 0 Å². The summed E-state index contributed by atoms with van der Waals surface area (Å²) >= 11 is 3.27. The number of hydrogen-bond acceptors (Lipinski definition) is 3. The van der Waals surface area contributed by atoms with Gasteiger partial charge in [-0.15, -0.1) is 0 Å². The molecule has 0 spiro atoms. The fourth-order valence-corrected chi connectivity index (χ4v) is 1.96. The van der Waals surface area contributed by atoms with Crippen LogP contribution in [0.3, 0.4) is 0 Å². The Kier molecular flexibility index (Phi) is 4.52. The van der Waals surface area contributed by atoms with Crippen LogP contribution in [0.15, 0.2) is 41.1 Å². The number of carboxylic acid groups (broad SMARTS) is 1. The average molecular weight is 338 g/mol. The SMILES string of the molecule is O=C(CCn1cccn1)Nc1cc(C(=O)O)ccc1Br. The lowest BCUT2D eigenvalue weighted by Crippen LogP contribution is -2.15. The third-order valence-electron chi connectivity index (χ3n) is 2.61. The summed E-state index contributed by atoms with van der Waals surface area (Å²) in [6, 6.07) is 6.25. The summed E-state index contributed by atoms with van der Waals surface area (Å²) in [4.78, 5) is 22.7. The topological polar surface area (TPSA) is 84.2 Å². The van der Waals surface area contributed by atoms with Gasteiger partial charge in [-0.3, -0.25) is 9.48 Å². The molecular weight excluding hydrogens is 326 g/mol. The van der Waals surface area contributed by atoms with Crippen molar-refractivity contribution in [3.05, 3.63) is 46.7 Å². The zero-order chi connectivity index (χ0) is 14.5. The van der Waals surface area contributed by atoms with Gasteiger partial charge in [-0.2, -0.15) is 5.10 Å². The van der Waals surface area contributed by atoms with Crippen LogP contribution >= 0.6 is 15.9 Å². The van der Waals surface area contributed by atoms with Crippen LogP contribution in [0.4, 0.5) is 5.69 Å². The van der Waals surface area contributed by atoms with Gasteiger partial charge in [0.1, 0.15) is 0 Å². The molecule has 1 aromatic carbocycles. The predicted molar refractivity (Wildman–Crippen MR) is 76.6 cm³/mol. The summed E-state index contributed by atoms with van der Waals surface area (Å²) in [5.74, 6) is -1.24. The Morgan fingerprint density at radius 2 is 2.20 bits per heavy atom. The fraction of sp³-hybridized carbons (Fsp3) is 0.154. The maximum atomic E-state index is 11.8. The van der Waals surface area contributed by atoms with Gasteiger partial charge in [0.25, 0.3) is 0 Å². The molecule has 1 aromatic heterocycles. The van der Waals surface area contributed by atoms with Crippen LogP contribution in [0.25, 0.3) is 0 Å². The molecule has 104 valence electrons. The van der Waals surface area contributed by atoms with Gasteiger partial charge < -0.3 is 10.4 Å². The molecule has 7 heteroatoms. The van der Waals surface area contributed by atoms with Crippen LogP contribution in [-0.4, -0.2) is 26.8 Å². The van der Waals surface area contributed by atoms with Gasteiger partial charge in [-0.1, -0.05) is 0 Å². The molecule has 20 heavy (non-hydrogen) atoms. The van der Waals surface area contributed by atoms with Crippen molar-refractivity contribution in [2.45, 2.75) is 13.0 Å². The van der Waals surface area contributed by atoms with Crippen molar-refractivity contribution in [2.75, 3.05) is 5.32 Å². The van der Waals surface area contributed by atoms with E-state index in [1.54, 1.807) is 29.2 Å². The van der Waals surface area contributed by atoms with E-state index in [1.165, 1.54) is 12.1 Å². The minimum absolute atomic E-state index is 0.121. The molecule has 0 saturated heterocycles. The number of anilines is 1. The molecule has 2 rings (SSSR count). The molecule has 1 amide bonds. The van der Waals surface area contributed by atoms with Crippen LogP contribution < -0.4 is 5.32 Å². The summed E-state index contributed by atoms with van der Waals surface area (Å²) in [5.41, 5.74) is 0.561. The van der Waals surface area contributed by atoms with E-state index >= 15 is 0 Å². The first kappa shape index (κ1) is 14.3. The first-order chi connectivity index (χ1) is 9.56. The lowest BCUT2D eigenvalue weighted by molar-refractivity contribution is -0.116. The maximum Gasteiger partial charge on any atom is 0.335 e. The molecule has 2 aromatic rings. The number of aromatic nitrogens is 2. The number of carboxylic acids is 1. The molecule has 0 atom stereocenters. The molecule has 1 heterocycles. The van der Waals surface area contributed by atoms with Gasteiger partial charge in [-0.05, 0) is 40.2 Å². The molecule has 0 radical (unpaired) electrons. The highest BCUT2D eigenvalue weighted by molar-refractivity contribution is 9.10. The second-order valence-corrected chi connectivity index (χ2v) is 4.92. The van der Waals surface area contributed by atoms with Crippen molar-refractivity contribution in [1.29, 1.82) is 0 Å². The summed E-state index contributed by atoms with van der Waals surface area (Å²) < 4.78 is 2.29. The second kappa shape index (κ2) is 6.33. The molecular formula is C13H12BrN3O3. The molecule has 0 unspecified atom stereocenters. The van der Waals surface area contributed by atoms with E-state index in [9.17, 15) is 9.59 Å². The second-order valence-electron chi connectivity index (χ2n) is 4.07. The van der Waals surface area contributed by atoms with Crippen molar-refractivity contribution >= 4 is 33.5 Å². The standard InChI is InChI=1S/C13H12BrN3O3/c14-10-3-2-9(13(19)20)8-11(10)16-12(18)4-7-17-6-1-5-15-17/h1-3,5-6,8H,4,7H2,(H,16,18)(H,19,20). The minimum atomic E-state index is -1.04. The van der Waals surface area contributed by atoms with E-state index in [0.717, 1.165) is 0 Å². The number of aromatic carboxylic acids is 1. The van der Waals surface area contributed by atoms with Gasteiger partial charge in [0.05, 0.1) is 11.3 Å². The first-order valence-corrected chi connectivity index (χ1v) is 6.65. The van der Waals surface area contributed by atoms with Crippen molar-refractivity contribution < 1.29 is 14.7 Å². The van der Waals surface area contributed by atoms with Crippen molar-refractivity contribution in [1.82, 2.24) is 9.78 Å². The normalized spacial score (nSPS) is 10.2. The number of rotatable bonds is 5. The highest BCUT2D eigenvalue weighted by Gasteiger charge is 2.10. The predicted octanol–water partition coefficient (Wildman–Crippen LogP) is 2.37. The largest absolute Gasteiger partial charge is 0.478 e. The van der Waals surface area contributed by atoms with E-state index in [-0.39, 0.29) is 17.9 Å². The quantitative estimate of drug-likeness (QED) is 0.877. The van der Waals surface area contributed by atoms with Gasteiger partial charge in [0.2, 0.25) is 5.91 Å². The number of hydrogen-bond donors (Lipinski definition) is 2. The molecule has 0 saturated carbocycles. The number of halogens is 1. The molecule has 0 aliphatic heterocycles. The van der Waals surface area contributed by atoms with Gasteiger partial charge >= 0.3 is 5.97 Å². The molecule has 0 aliphatic carbocycles. The summed E-state index contributed by atoms with van der Waals surface area (Å²) in [5, 5.41) is 15.6. The molecule has 0 bridgehead atoms. The molecule has 2 N–H and O–H groups in total. The van der Waals surface area contributed by atoms with E-state index in [4.69, 9.17) is 5.11 Å². The summed E-state index contributed by atoms with van der Waals surface area (Å²) in [7, 11) is 0. The number of amides is 1. The third-order valence-corrected chi connectivity index (χ3v) is 3.31. The zero-order valence-corrected chi connectivity index (χ0v) is 12.0. The maximum absolute atomic E-state index is 11.8. The van der Waals surface area contributed by atoms with Crippen molar-refractivity contribution in [3.63, 3.8) is 0 Å². The van der Waals surface area contributed by atoms with Crippen LogP contribution in [0.2, 0.25) is 0 Å². The summed E-state index contributed by atoms with van der Waals surface area (Å²) in [6.45, 7) is 0.467. The molecule has 0 fully saturated rings. The highest BCUT2D eigenvalue weighted by Crippen LogP contribution is 2.23. The van der Waals surface area contributed by atoms with Gasteiger partial charge in [-0.25, -0.2) is 4.79 Å². The van der Waals surface area contributed by atoms with E-state index in [0.29, 0.717) is 16.7 Å². The average Bonchev–Trinajstić information content (AvgIpc) is 2.92. The lowest BCUT2D eigenvalue weighted by atomic mass is 10.2. The van der Waals surface area contributed by atoms with E-state index in [1.807, 2.05) is 0 Å². The van der Waals surface area contributed by atoms with Crippen LogP contribution in [0, 0.1) is 0 Å². The Morgan fingerprint density at radius 1 is 1.40 bits per heavy atom. The number of nitrogens with one attached hydrogen (secondary N) is 1. The zero-order valence-electron chi connectivity index (χ0n) is 10.4. The monoisotopic (exact) mass is 337 g/mol. The minimum Gasteiger partial charge on any atom is -0.478 e. The lowest BCUT2D eigenvalue weighted by Gasteiger charge is -2.08. The first-order valence-electron chi connectivity index (χ1n) is 5.86. The number of nitrogens with zero attached hydrogens (tertiary/aromatic N) is 2. The smallest absolute Gasteiger partial charge is 0.335 e. The molecule has 0 aliphatic rings. The van der Waals surface area contributed by atoms with Crippen LogP contribution in [0.5, 0.6) is 0 Å². The third kappa shape index (κ3) is 3.67. The Morgan fingerprint density at radius 3 is 2.85 bits per heavy atom. The Balaban J connectivity index is 2.00. The Bertz CT molecular complexity index is 626. The molecule has 6 nitrogen and oxygen atoms in total. The Hall–Kier alpha value is -2.15. The fourth-order valence-electron chi connectivity index (χ4n) is 1.62. The Labute approximate surface area is 123 Å². The van der Waals surface area contributed by atoms with Crippen LogP contribution in [-0.2, 0) is 11.3 Å². The number of carbonyl (C=O) groups is 2. The number of benzene rings is 1. The summed E-state index contributed by atoms with van der Waals surface area (Å²) in [6.07, 6.45) is 3.67. The van der Waals surface area contributed by atoms with Crippen molar-refractivity contribution in [2.24, 2.45) is 0 Å². The van der Waals surface area contributed by atoms with Gasteiger partial charge in [0, 0.05) is 29.8 Å². The van der Waals surface area contributed by atoms with E-state index in [2.05, 4.69) is 26.3 Å². The number of aryl methyl sites for hydroxylation is 1. The highest BCUT2D eigenvalue weighted by atomic mass is 79.9. The van der Waals surface area contributed by atoms with E-state index < -0.39 is 5.97 Å². The number of carbonyl (C=O) groups excluding carboxylic acids is 1. The van der Waals surface area contributed by atoms with Crippen molar-refractivity contribution in [3.8, 4) is 0 Å².